The summed E-state index contributed by atoms with van der Waals surface area (Å²) in [6, 6.07) is 5.72. The number of phosphoric acid groups is 1. The fourth-order valence-electron chi connectivity index (χ4n) is 3.18. The van der Waals surface area contributed by atoms with Crippen LogP contribution in [0.3, 0.4) is 0 Å². The predicted molar refractivity (Wildman–Crippen MR) is 121 cm³/mol. The summed E-state index contributed by atoms with van der Waals surface area (Å²) in [4.78, 5) is 35.1. The van der Waals surface area contributed by atoms with Crippen molar-refractivity contribution in [2.24, 2.45) is 0 Å². The number of aromatic nitrogens is 1. The van der Waals surface area contributed by atoms with E-state index in [1.54, 1.807) is 27.7 Å². The van der Waals surface area contributed by atoms with Gasteiger partial charge in [0.1, 0.15) is 11.1 Å². The Bertz CT molecular complexity index is 947. The quantitative estimate of drug-likeness (QED) is 0.313. The van der Waals surface area contributed by atoms with Crippen molar-refractivity contribution in [3.8, 4) is 0 Å². The number of rotatable bonds is 11. The van der Waals surface area contributed by atoms with Gasteiger partial charge in [0, 0.05) is 6.42 Å². The molecule has 0 aliphatic rings. The molecule has 0 aliphatic carbocycles. The van der Waals surface area contributed by atoms with E-state index in [9.17, 15) is 9.36 Å². The molecular weight excluding hydrogens is 435 g/mol. The average Bonchev–Trinajstić information content (AvgIpc) is 3.05. The van der Waals surface area contributed by atoms with Gasteiger partial charge in [-0.25, -0.2) is 14.3 Å². The molecule has 180 valence electrons. The fraction of sp³-hybridized carbons (Fsp3) is 0.636. The van der Waals surface area contributed by atoms with E-state index >= 15 is 0 Å². The molecule has 0 bridgehead atoms. The van der Waals surface area contributed by atoms with E-state index in [0.717, 1.165) is 48.2 Å². The largest absolute Gasteiger partial charge is 0.469 e. The van der Waals surface area contributed by atoms with E-state index in [1.165, 1.54) is 0 Å². The van der Waals surface area contributed by atoms with Gasteiger partial charge < -0.3 is 24.3 Å². The molecule has 0 radical (unpaired) electrons. The summed E-state index contributed by atoms with van der Waals surface area (Å²) >= 11 is 0. The van der Waals surface area contributed by atoms with Gasteiger partial charge in [-0.2, -0.15) is 0 Å². The molecule has 9 nitrogen and oxygen atoms in total. The Kier molecular flexibility index (Phi) is 8.88. The van der Waals surface area contributed by atoms with Gasteiger partial charge in [0.05, 0.1) is 12.1 Å². The molecule has 1 amide bonds. The minimum atomic E-state index is -4.70. The van der Waals surface area contributed by atoms with Gasteiger partial charge in [-0.1, -0.05) is 25.8 Å². The Morgan fingerprint density at radius 2 is 1.91 bits per heavy atom. The first-order valence-corrected chi connectivity index (χ1v) is 12.4. The first kappa shape index (κ1) is 26.3. The molecule has 0 fully saturated rings. The van der Waals surface area contributed by atoms with Crippen LogP contribution in [0.25, 0.3) is 11.1 Å². The lowest BCUT2D eigenvalue weighted by atomic mass is 9.94. The summed E-state index contributed by atoms with van der Waals surface area (Å²) in [5.74, 6) is 0.720. The van der Waals surface area contributed by atoms with Crippen molar-refractivity contribution in [2.75, 3.05) is 6.61 Å². The summed E-state index contributed by atoms with van der Waals surface area (Å²) in [6.07, 6.45) is 4.29. The second kappa shape index (κ2) is 10.8. The Morgan fingerprint density at radius 3 is 2.53 bits per heavy atom. The van der Waals surface area contributed by atoms with Gasteiger partial charge in [0.15, 0.2) is 11.5 Å². The van der Waals surface area contributed by atoms with Crippen LogP contribution in [0.5, 0.6) is 0 Å². The number of ether oxygens (including phenoxy) is 1. The average molecular weight is 471 g/mol. The molecule has 0 saturated carbocycles. The number of oxazole rings is 1. The van der Waals surface area contributed by atoms with E-state index < -0.39 is 25.1 Å². The number of aryl methyl sites for hydroxylation is 2. The first-order valence-electron chi connectivity index (χ1n) is 10.9. The highest BCUT2D eigenvalue weighted by molar-refractivity contribution is 7.46. The number of hydrogen-bond acceptors (Lipinski definition) is 6. The second-order valence-electron chi connectivity index (χ2n) is 9.32. The third-order valence-electron chi connectivity index (χ3n) is 4.81. The Hall–Kier alpha value is -1.93. The molecule has 1 aromatic carbocycles. The summed E-state index contributed by atoms with van der Waals surface area (Å²) < 4.78 is 27.0. The summed E-state index contributed by atoms with van der Waals surface area (Å²) in [5.41, 5.74) is 0.677. The number of carbonyl (C=O) groups excluding carboxylic acids is 1. The lowest BCUT2D eigenvalue weighted by molar-refractivity contribution is 0.0399. The minimum absolute atomic E-state index is 0.360. The van der Waals surface area contributed by atoms with Crippen molar-refractivity contribution < 1.29 is 32.8 Å². The second-order valence-corrected chi connectivity index (χ2v) is 10.6. The molecule has 1 atom stereocenters. The van der Waals surface area contributed by atoms with Gasteiger partial charge in [-0.3, -0.25) is 4.52 Å². The van der Waals surface area contributed by atoms with E-state index in [4.69, 9.17) is 23.5 Å². The highest BCUT2D eigenvalue weighted by atomic mass is 31.2. The third-order valence-corrected chi connectivity index (χ3v) is 5.28. The van der Waals surface area contributed by atoms with Crippen molar-refractivity contribution in [1.29, 1.82) is 0 Å². The zero-order valence-electron chi connectivity index (χ0n) is 19.5. The number of fused-ring (bicyclic) bond motifs is 1. The van der Waals surface area contributed by atoms with E-state index in [-0.39, 0.29) is 6.61 Å². The topological polar surface area (TPSA) is 131 Å². The van der Waals surface area contributed by atoms with Gasteiger partial charge in [-0.05, 0) is 64.7 Å². The summed E-state index contributed by atoms with van der Waals surface area (Å²) in [5, 5.41) is 2.70. The smallest absolute Gasteiger partial charge is 0.444 e. The number of unbranched alkanes of at least 4 members (excludes halogenated alkanes) is 2. The van der Waals surface area contributed by atoms with Crippen LogP contribution in [0.4, 0.5) is 4.79 Å². The number of phosphoric ester groups is 1. The maximum absolute atomic E-state index is 12.3. The van der Waals surface area contributed by atoms with Gasteiger partial charge in [-0.15, -0.1) is 0 Å². The number of alkyl carbamates (subject to hydrolysis) is 1. The molecule has 32 heavy (non-hydrogen) atoms. The van der Waals surface area contributed by atoms with Crippen LogP contribution in [0.15, 0.2) is 22.6 Å². The molecule has 0 aliphatic heterocycles. The lowest BCUT2D eigenvalue weighted by Crippen LogP contribution is -2.51. The Balaban J connectivity index is 2.10. The number of carbonyl (C=O) groups is 1. The number of nitrogens with one attached hydrogen (secondary N) is 1. The summed E-state index contributed by atoms with van der Waals surface area (Å²) in [7, 11) is -4.70. The van der Waals surface area contributed by atoms with Crippen LogP contribution in [-0.4, -0.2) is 38.6 Å². The molecular formula is C22H35N2O7P. The predicted octanol–water partition coefficient (Wildman–Crippen LogP) is 4.89. The van der Waals surface area contributed by atoms with E-state index in [0.29, 0.717) is 12.8 Å². The zero-order chi connectivity index (χ0) is 24.0. The maximum Gasteiger partial charge on any atom is 0.469 e. The monoisotopic (exact) mass is 470 g/mol. The Labute approximate surface area is 189 Å². The number of hydrogen-bond donors (Lipinski definition) is 3. The van der Waals surface area contributed by atoms with Crippen molar-refractivity contribution in [2.45, 2.75) is 84.3 Å². The molecule has 1 heterocycles. The van der Waals surface area contributed by atoms with Crippen LogP contribution in [0, 0.1) is 0 Å². The molecule has 2 rings (SSSR count). The highest BCUT2D eigenvalue weighted by Crippen LogP contribution is 2.37. The van der Waals surface area contributed by atoms with Crippen molar-refractivity contribution in [1.82, 2.24) is 10.3 Å². The number of benzene rings is 1. The lowest BCUT2D eigenvalue weighted by Gasteiger charge is -2.32. The molecule has 3 N–H and O–H groups in total. The van der Waals surface area contributed by atoms with E-state index in [1.807, 2.05) is 18.2 Å². The SMILES string of the molecule is CCCCCc1nc2cc(CC[C@](C)(COP(=O)(O)O)NC(=O)OC(C)(C)C)ccc2o1. The van der Waals surface area contributed by atoms with Crippen LogP contribution < -0.4 is 5.32 Å². The zero-order valence-corrected chi connectivity index (χ0v) is 20.4. The number of amides is 1. The van der Waals surface area contributed by atoms with Crippen LogP contribution in [-0.2, 0) is 26.7 Å². The third kappa shape index (κ3) is 9.28. The molecule has 0 saturated heterocycles. The maximum atomic E-state index is 12.3. The molecule has 0 unspecified atom stereocenters. The van der Waals surface area contributed by atoms with Crippen LogP contribution in [0.2, 0.25) is 0 Å². The molecule has 1 aromatic heterocycles. The van der Waals surface area contributed by atoms with Gasteiger partial charge >= 0.3 is 13.9 Å². The fourth-order valence-corrected chi connectivity index (χ4v) is 3.63. The van der Waals surface area contributed by atoms with Crippen molar-refractivity contribution in [3.05, 3.63) is 29.7 Å². The molecule has 0 spiro atoms. The van der Waals surface area contributed by atoms with Crippen LogP contribution >= 0.6 is 7.82 Å². The van der Waals surface area contributed by atoms with Crippen molar-refractivity contribution >= 4 is 25.0 Å². The molecule has 10 heteroatoms. The standard InChI is InChI=1S/C22H35N2O7P/c1-6-7-8-9-19-23-17-14-16(10-11-18(17)30-19)12-13-22(5,15-29-32(26,27)28)24-20(25)31-21(2,3)4/h10-11,14H,6-9,12-13,15H2,1-5H3,(H,24,25)(H2,26,27,28)/t22-/m1/s1. The summed E-state index contributed by atoms with van der Waals surface area (Å²) in [6.45, 7) is 8.64. The minimum Gasteiger partial charge on any atom is -0.444 e. The normalized spacial score (nSPS) is 14.3. The van der Waals surface area contributed by atoms with Gasteiger partial charge in [0.25, 0.3) is 0 Å². The first-order chi connectivity index (χ1) is 14.8. The van der Waals surface area contributed by atoms with Crippen LogP contribution in [0.1, 0.15) is 71.8 Å². The number of nitrogens with zero attached hydrogens (tertiary/aromatic N) is 1. The van der Waals surface area contributed by atoms with Crippen molar-refractivity contribution in [3.63, 3.8) is 0 Å². The Morgan fingerprint density at radius 1 is 1.19 bits per heavy atom. The van der Waals surface area contributed by atoms with Gasteiger partial charge in [0.2, 0.25) is 0 Å². The highest BCUT2D eigenvalue weighted by Gasteiger charge is 2.32. The van der Waals surface area contributed by atoms with E-state index in [2.05, 4.69) is 17.2 Å². The molecule has 2 aromatic rings.